The summed E-state index contributed by atoms with van der Waals surface area (Å²) < 4.78 is 0.879. The molecule has 1 heterocycles. The molecule has 3 nitrogen and oxygen atoms in total. The first-order valence-corrected chi connectivity index (χ1v) is 7.53. The summed E-state index contributed by atoms with van der Waals surface area (Å²) in [7, 11) is 0. The number of rotatable bonds is 3. The van der Waals surface area contributed by atoms with E-state index in [0.29, 0.717) is 12.1 Å². The molecule has 0 fully saturated rings. The number of aromatic nitrogens is 1. The number of nitrogens with zero attached hydrogens (tertiary/aromatic N) is 1. The van der Waals surface area contributed by atoms with Crippen LogP contribution < -0.4 is 5.32 Å². The summed E-state index contributed by atoms with van der Waals surface area (Å²) in [6.07, 6.45) is 1.98. The van der Waals surface area contributed by atoms with Crippen molar-refractivity contribution in [1.29, 1.82) is 5.26 Å². The molecule has 0 unspecified atom stereocenters. The molecule has 0 saturated carbocycles. The van der Waals surface area contributed by atoms with Crippen molar-refractivity contribution in [3.63, 3.8) is 0 Å². The van der Waals surface area contributed by atoms with Crippen LogP contribution >= 0.6 is 27.5 Å². The molecule has 0 spiro atoms. The normalized spacial score (nSPS) is 10.5. The van der Waals surface area contributed by atoms with Crippen LogP contribution in [0.5, 0.6) is 0 Å². The first kappa shape index (κ1) is 14.0. The Morgan fingerprint density at radius 1 is 1.24 bits per heavy atom. The number of aromatic amines is 1. The number of benzene rings is 2. The maximum absolute atomic E-state index is 8.87. The summed E-state index contributed by atoms with van der Waals surface area (Å²) in [5.41, 5.74) is 3.78. The molecule has 21 heavy (non-hydrogen) atoms. The third kappa shape index (κ3) is 2.90. The van der Waals surface area contributed by atoms with E-state index < -0.39 is 0 Å². The molecule has 104 valence electrons. The number of anilines is 1. The van der Waals surface area contributed by atoms with Crippen LogP contribution in [0.15, 0.2) is 47.1 Å². The van der Waals surface area contributed by atoms with E-state index in [1.165, 1.54) is 0 Å². The molecule has 0 atom stereocenters. The zero-order valence-electron chi connectivity index (χ0n) is 11.0. The van der Waals surface area contributed by atoms with Crippen LogP contribution in [-0.4, -0.2) is 4.98 Å². The molecule has 3 aromatic rings. The fourth-order valence-electron chi connectivity index (χ4n) is 2.22. The van der Waals surface area contributed by atoms with Crippen LogP contribution in [0.25, 0.3) is 10.9 Å². The second kappa shape index (κ2) is 5.80. The fourth-order valence-corrected chi connectivity index (χ4v) is 2.91. The first-order chi connectivity index (χ1) is 10.2. The van der Waals surface area contributed by atoms with Gasteiger partial charge < -0.3 is 10.3 Å². The summed E-state index contributed by atoms with van der Waals surface area (Å²) in [5.74, 6) is 0. The topological polar surface area (TPSA) is 51.6 Å². The molecule has 0 aliphatic carbocycles. The van der Waals surface area contributed by atoms with E-state index >= 15 is 0 Å². The Labute approximate surface area is 135 Å². The van der Waals surface area contributed by atoms with Crippen molar-refractivity contribution in [2.24, 2.45) is 0 Å². The van der Waals surface area contributed by atoms with E-state index in [1.54, 1.807) is 12.1 Å². The van der Waals surface area contributed by atoms with Gasteiger partial charge in [0, 0.05) is 38.8 Å². The van der Waals surface area contributed by atoms with Gasteiger partial charge in [-0.15, -0.1) is 0 Å². The zero-order valence-corrected chi connectivity index (χ0v) is 13.3. The minimum atomic E-state index is 0.633. The Hall–Kier alpha value is -1.96. The van der Waals surface area contributed by atoms with Crippen molar-refractivity contribution < 1.29 is 0 Å². The Morgan fingerprint density at radius 3 is 2.86 bits per heavy atom. The number of hydrogen-bond acceptors (Lipinski definition) is 2. The molecular weight excluding hydrogens is 350 g/mol. The molecular formula is C16H11BrClN3. The van der Waals surface area contributed by atoms with Gasteiger partial charge in [0.15, 0.2) is 0 Å². The van der Waals surface area contributed by atoms with Crippen molar-refractivity contribution in [1.82, 2.24) is 4.98 Å². The van der Waals surface area contributed by atoms with Crippen LogP contribution in [0, 0.1) is 11.3 Å². The second-order valence-electron chi connectivity index (χ2n) is 4.66. The maximum Gasteiger partial charge on any atom is 0.0992 e. The molecule has 0 radical (unpaired) electrons. The van der Waals surface area contributed by atoms with E-state index in [-0.39, 0.29) is 0 Å². The lowest BCUT2D eigenvalue weighted by molar-refractivity contribution is 1.16. The van der Waals surface area contributed by atoms with Crippen LogP contribution in [0.4, 0.5) is 5.69 Å². The highest BCUT2D eigenvalue weighted by molar-refractivity contribution is 9.10. The van der Waals surface area contributed by atoms with Crippen molar-refractivity contribution in [3.05, 3.63) is 63.2 Å². The average Bonchev–Trinajstić information content (AvgIpc) is 2.88. The van der Waals surface area contributed by atoms with Crippen LogP contribution in [0.2, 0.25) is 5.02 Å². The van der Waals surface area contributed by atoms with Crippen molar-refractivity contribution >= 4 is 44.1 Å². The van der Waals surface area contributed by atoms with E-state index in [1.807, 2.05) is 30.5 Å². The first-order valence-electron chi connectivity index (χ1n) is 6.36. The predicted octanol–water partition coefficient (Wildman–Crippen LogP) is 5.07. The molecule has 0 saturated heterocycles. The van der Waals surface area contributed by atoms with Crippen LogP contribution in [-0.2, 0) is 6.54 Å². The highest BCUT2D eigenvalue weighted by atomic mass is 79.9. The largest absolute Gasteiger partial charge is 0.380 e. The Bertz CT molecular complexity index is 848. The summed E-state index contributed by atoms with van der Waals surface area (Å²) in [5, 5.41) is 14.1. The van der Waals surface area contributed by atoms with Crippen LogP contribution in [0.1, 0.15) is 11.1 Å². The quantitative estimate of drug-likeness (QED) is 0.685. The van der Waals surface area contributed by atoms with E-state index in [9.17, 15) is 0 Å². The molecule has 3 rings (SSSR count). The predicted molar refractivity (Wildman–Crippen MR) is 89.5 cm³/mol. The van der Waals surface area contributed by atoms with Gasteiger partial charge in [0.25, 0.3) is 0 Å². The summed E-state index contributed by atoms with van der Waals surface area (Å²) in [4.78, 5) is 3.22. The SMILES string of the molecule is N#Cc1ccc(NCc2c[nH]c3cc(Cl)ccc23)c(Br)c1. The molecule has 5 heteroatoms. The van der Waals surface area contributed by atoms with Gasteiger partial charge in [-0.05, 0) is 51.8 Å². The van der Waals surface area contributed by atoms with E-state index in [4.69, 9.17) is 16.9 Å². The lowest BCUT2D eigenvalue weighted by Gasteiger charge is -2.08. The third-order valence-electron chi connectivity index (χ3n) is 3.30. The minimum Gasteiger partial charge on any atom is -0.380 e. The molecule has 1 aromatic heterocycles. The molecule has 0 aliphatic heterocycles. The van der Waals surface area contributed by atoms with Gasteiger partial charge in [-0.25, -0.2) is 0 Å². The number of hydrogen-bond donors (Lipinski definition) is 2. The summed E-state index contributed by atoms with van der Waals surface area (Å²) >= 11 is 9.45. The van der Waals surface area contributed by atoms with Crippen molar-refractivity contribution in [3.8, 4) is 6.07 Å². The van der Waals surface area contributed by atoms with E-state index in [2.05, 4.69) is 32.3 Å². The van der Waals surface area contributed by atoms with Gasteiger partial charge in [-0.3, -0.25) is 0 Å². The maximum atomic E-state index is 8.87. The molecule has 0 bridgehead atoms. The molecule has 2 N–H and O–H groups in total. The van der Waals surface area contributed by atoms with Gasteiger partial charge in [-0.1, -0.05) is 17.7 Å². The van der Waals surface area contributed by atoms with Crippen LogP contribution in [0.3, 0.4) is 0 Å². The Kier molecular flexibility index (Phi) is 3.87. The number of fused-ring (bicyclic) bond motifs is 1. The summed E-state index contributed by atoms with van der Waals surface area (Å²) in [6.45, 7) is 0.687. The molecule has 0 aliphatic rings. The Balaban J connectivity index is 1.82. The number of H-pyrrole nitrogens is 1. The van der Waals surface area contributed by atoms with Crippen molar-refractivity contribution in [2.75, 3.05) is 5.32 Å². The fraction of sp³-hybridized carbons (Fsp3) is 0.0625. The molecule has 2 aromatic carbocycles. The number of nitriles is 1. The zero-order chi connectivity index (χ0) is 14.8. The number of halogens is 2. The molecule has 0 amide bonds. The standard InChI is InChI=1S/C16H11BrClN3/c17-14-5-10(7-19)1-4-15(14)20-8-11-9-21-16-6-12(18)2-3-13(11)16/h1-6,9,20-21H,8H2. The van der Waals surface area contributed by atoms with Gasteiger partial charge >= 0.3 is 0 Å². The third-order valence-corrected chi connectivity index (χ3v) is 4.19. The van der Waals surface area contributed by atoms with Gasteiger partial charge in [0.1, 0.15) is 0 Å². The van der Waals surface area contributed by atoms with Gasteiger partial charge in [-0.2, -0.15) is 5.26 Å². The highest BCUT2D eigenvalue weighted by Gasteiger charge is 2.06. The monoisotopic (exact) mass is 359 g/mol. The number of nitrogens with one attached hydrogen (secondary N) is 2. The Morgan fingerprint density at radius 2 is 2.10 bits per heavy atom. The summed E-state index contributed by atoms with van der Waals surface area (Å²) in [6, 6.07) is 13.4. The highest BCUT2D eigenvalue weighted by Crippen LogP contribution is 2.26. The van der Waals surface area contributed by atoms with Gasteiger partial charge in [0.05, 0.1) is 11.6 Å². The smallest absolute Gasteiger partial charge is 0.0992 e. The van der Waals surface area contributed by atoms with E-state index in [0.717, 1.165) is 31.6 Å². The van der Waals surface area contributed by atoms with Gasteiger partial charge in [0.2, 0.25) is 0 Å². The lowest BCUT2D eigenvalue weighted by atomic mass is 10.1. The van der Waals surface area contributed by atoms with Crippen molar-refractivity contribution in [2.45, 2.75) is 6.54 Å². The minimum absolute atomic E-state index is 0.633. The average molecular weight is 361 g/mol. The lowest BCUT2D eigenvalue weighted by Crippen LogP contribution is -1.99. The second-order valence-corrected chi connectivity index (χ2v) is 5.95.